The number of hydrogen-bond acceptors (Lipinski definition) is 5. The van der Waals surface area contributed by atoms with Gasteiger partial charge in [-0.25, -0.2) is 0 Å². The summed E-state index contributed by atoms with van der Waals surface area (Å²) >= 11 is 0. The Balaban J connectivity index is 1.68. The predicted octanol–water partition coefficient (Wildman–Crippen LogP) is 2.10. The fourth-order valence-corrected chi connectivity index (χ4v) is 2.06. The molecule has 0 saturated heterocycles. The normalized spacial score (nSPS) is 14.2. The highest BCUT2D eigenvalue weighted by molar-refractivity contribution is 5.78. The Kier molecular flexibility index (Phi) is 5.48. The molecule has 0 unspecified atom stereocenters. The standard InChI is InChI=1S/C16H20N4O2/c1-3-5-8-16(19-20-16)9-10-17-15(21)11-13-6-7-14(12-18-13)22-4-2/h1,6-7,12H,4-5,8-11H2,2H3,(H,17,21). The van der Waals surface area contributed by atoms with E-state index in [1.165, 1.54) is 0 Å². The molecule has 1 aromatic rings. The molecular weight excluding hydrogens is 280 g/mol. The van der Waals surface area contributed by atoms with E-state index in [-0.39, 0.29) is 18.0 Å². The van der Waals surface area contributed by atoms with E-state index in [1.807, 2.05) is 13.0 Å². The molecule has 1 aliphatic heterocycles. The van der Waals surface area contributed by atoms with Crippen LogP contribution in [0.3, 0.4) is 0 Å². The second kappa shape index (κ2) is 7.55. The van der Waals surface area contributed by atoms with Crippen molar-refractivity contribution in [3.8, 4) is 18.1 Å². The number of carbonyl (C=O) groups excluding carboxylic acids is 1. The van der Waals surface area contributed by atoms with Crippen LogP contribution in [0.15, 0.2) is 28.6 Å². The van der Waals surface area contributed by atoms with Crippen molar-refractivity contribution in [2.45, 2.75) is 38.3 Å². The van der Waals surface area contributed by atoms with Gasteiger partial charge in [-0.3, -0.25) is 9.78 Å². The van der Waals surface area contributed by atoms with Crippen LogP contribution >= 0.6 is 0 Å². The number of ether oxygens (including phenoxy) is 1. The fourth-order valence-electron chi connectivity index (χ4n) is 2.06. The van der Waals surface area contributed by atoms with Gasteiger partial charge in [0.25, 0.3) is 0 Å². The van der Waals surface area contributed by atoms with Crippen LogP contribution in [-0.2, 0) is 11.2 Å². The average Bonchev–Trinajstić information content (AvgIpc) is 3.28. The van der Waals surface area contributed by atoms with Gasteiger partial charge < -0.3 is 10.1 Å². The van der Waals surface area contributed by atoms with Crippen molar-refractivity contribution < 1.29 is 9.53 Å². The first-order valence-electron chi connectivity index (χ1n) is 7.39. The van der Waals surface area contributed by atoms with Crippen LogP contribution in [-0.4, -0.2) is 29.7 Å². The molecule has 0 spiro atoms. The largest absolute Gasteiger partial charge is 0.492 e. The van der Waals surface area contributed by atoms with Crippen molar-refractivity contribution in [1.82, 2.24) is 10.3 Å². The number of pyridine rings is 1. The topological polar surface area (TPSA) is 75.9 Å². The van der Waals surface area contributed by atoms with Crippen molar-refractivity contribution in [1.29, 1.82) is 0 Å². The van der Waals surface area contributed by atoms with Gasteiger partial charge in [-0.05, 0) is 19.1 Å². The minimum atomic E-state index is -0.350. The maximum Gasteiger partial charge on any atom is 0.226 e. The quantitative estimate of drug-likeness (QED) is 0.710. The van der Waals surface area contributed by atoms with Gasteiger partial charge in [-0.2, -0.15) is 10.2 Å². The first kappa shape index (κ1) is 16.0. The molecule has 0 aromatic carbocycles. The van der Waals surface area contributed by atoms with Crippen molar-refractivity contribution >= 4 is 5.91 Å². The summed E-state index contributed by atoms with van der Waals surface area (Å²) in [6.45, 7) is 3.04. The first-order chi connectivity index (χ1) is 10.7. The maximum atomic E-state index is 11.9. The molecule has 0 fully saturated rings. The van der Waals surface area contributed by atoms with Gasteiger partial charge in [0.05, 0.1) is 19.2 Å². The summed E-state index contributed by atoms with van der Waals surface area (Å²) in [4.78, 5) is 16.1. The number of nitrogens with zero attached hydrogens (tertiary/aromatic N) is 3. The lowest BCUT2D eigenvalue weighted by Crippen LogP contribution is -2.29. The zero-order valence-corrected chi connectivity index (χ0v) is 12.7. The molecular formula is C16H20N4O2. The highest BCUT2D eigenvalue weighted by atomic mass is 16.5. The molecule has 22 heavy (non-hydrogen) atoms. The minimum Gasteiger partial charge on any atom is -0.492 e. The van der Waals surface area contributed by atoms with Gasteiger partial charge >= 0.3 is 0 Å². The van der Waals surface area contributed by atoms with E-state index >= 15 is 0 Å². The molecule has 1 amide bonds. The van der Waals surface area contributed by atoms with Crippen LogP contribution < -0.4 is 10.1 Å². The number of carbonyl (C=O) groups is 1. The minimum absolute atomic E-state index is 0.0654. The van der Waals surface area contributed by atoms with E-state index in [0.717, 1.165) is 6.42 Å². The third-order valence-electron chi connectivity index (χ3n) is 3.35. The van der Waals surface area contributed by atoms with Gasteiger partial charge in [0.15, 0.2) is 5.66 Å². The summed E-state index contributed by atoms with van der Waals surface area (Å²) in [6, 6.07) is 3.61. The molecule has 0 bridgehead atoms. The van der Waals surface area contributed by atoms with Crippen molar-refractivity contribution in [2.75, 3.05) is 13.2 Å². The zero-order valence-electron chi connectivity index (χ0n) is 12.7. The van der Waals surface area contributed by atoms with Crippen molar-refractivity contribution in [3.05, 3.63) is 24.0 Å². The lowest BCUT2D eigenvalue weighted by molar-refractivity contribution is -0.120. The molecule has 2 rings (SSSR count). The fraction of sp³-hybridized carbons (Fsp3) is 0.500. The summed E-state index contributed by atoms with van der Waals surface area (Å²) in [6.07, 6.45) is 9.20. The third-order valence-corrected chi connectivity index (χ3v) is 3.35. The summed E-state index contributed by atoms with van der Waals surface area (Å²) in [7, 11) is 0. The van der Waals surface area contributed by atoms with Gasteiger partial charge in [-0.1, -0.05) is 0 Å². The Morgan fingerprint density at radius 3 is 2.82 bits per heavy atom. The third kappa shape index (κ3) is 4.85. The van der Waals surface area contributed by atoms with Crippen molar-refractivity contribution in [2.24, 2.45) is 10.2 Å². The van der Waals surface area contributed by atoms with E-state index in [1.54, 1.807) is 12.3 Å². The number of nitrogens with one attached hydrogen (secondary N) is 1. The molecule has 0 radical (unpaired) electrons. The SMILES string of the molecule is C#CCCC1(CCNC(=O)Cc2ccc(OCC)cn2)N=N1. The number of terminal acetylenes is 1. The van der Waals surface area contributed by atoms with Gasteiger partial charge in [0.1, 0.15) is 5.75 Å². The Bertz CT molecular complexity index is 569. The number of rotatable bonds is 9. The molecule has 1 aromatic heterocycles. The van der Waals surface area contributed by atoms with Gasteiger partial charge in [0.2, 0.25) is 5.91 Å². The number of aromatic nitrogens is 1. The lowest BCUT2D eigenvalue weighted by atomic mass is 10.0. The van der Waals surface area contributed by atoms with Crippen molar-refractivity contribution in [3.63, 3.8) is 0 Å². The van der Waals surface area contributed by atoms with Crippen LogP contribution in [0.25, 0.3) is 0 Å². The molecule has 6 nitrogen and oxygen atoms in total. The van der Waals surface area contributed by atoms with Crippen LogP contribution in [0, 0.1) is 12.3 Å². The van der Waals surface area contributed by atoms with E-state index < -0.39 is 0 Å². The van der Waals surface area contributed by atoms with Gasteiger partial charge in [-0.15, -0.1) is 12.3 Å². The Labute approximate surface area is 130 Å². The second-order valence-corrected chi connectivity index (χ2v) is 5.08. The Morgan fingerprint density at radius 2 is 2.23 bits per heavy atom. The molecule has 6 heteroatoms. The van der Waals surface area contributed by atoms with Crippen LogP contribution in [0.1, 0.15) is 31.9 Å². The van der Waals surface area contributed by atoms with Gasteiger partial charge in [0, 0.05) is 31.5 Å². The monoisotopic (exact) mass is 300 g/mol. The highest BCUT2D eigenvalue weighted by Crippen LogP contribution is 2.35. The molecule has 1 N–H and O–H groups in total. The van der Waals surface area contributed by atoms with Crippen LogP contribution in [0.4, 0.5) is 0 Å². The van der Waals surface area contributed by atoms with E-state index in [2.05, 4.69) is 26.4 Å². The summed E-state index contributed by atoms with van der Waals surface area (Å²) < 4.78 is 5.31. The number of hydrogen-bond donors (Lipinski definition) is 1. The van der Waals surface area contributed by atoms with E-state index in [9.17, 15) is 4.79 Å². The number of amides is 1. The molecule has 116 valence electrons. The highest BCUT2D eigenvalue weighted by Gasteiger charge is 2.38. The van der Waals surface area contributed by atoms with Crippen LogP contribution in [0.2, 0.25) is 0 Å². The second-order valence-electron chi connectivity index (χ2n) is 5.08. The Hall–Kier alpha value is -2.42. The zero-order chi connectivity index (χ0) is 15.8. The lowest BCUT2D eigenvalue weighted by Gasteiger charge is -2.10. The maximum absolute atomic E-state index is 11.9. The Morgan fingerprint density at radius 1 is 1.41 bits per heavy atom. The summed E-state index contributed by atoms with van der Waals surface area (Å²) in [5.74, 6) is 3.23. The molecule has 0 atom stereocenters. The first-order valence-corrected chi connectivity index (χ1v) is 7.39. The molecule has 0 saturated carbocycles. The molecule has 0 aliphatic carbocycles. The average molecular weight is 300 g/mol. The van der Waals surface area contributed by atoms with E-state index in [0.29, 0.717) is 37.4 Å². The van der Waals surface area contributed by atoms with E-state index in [4.69, 9.17) is 11.2 Å². The predicted molar refractivity (Wildman–Crippen MR) is 82.4 cm³/mol. The smallest absolute Gasteiger partial charge is 0.226 e. The summed E-state index contributed by atoms with van der Waals surface area (Å²) in [5.41, 5.74) is 0.362. The van der Waals surface area contributed by atoms with Crippen LogP contribution in [0.5, 0.6) is 5.75 Å². The summed E-state index contributed by atoms with van der Waals surface area (Å²) in [5, 5.41) is 10.9. The molecule has 2 heterocycles. The molecule has 1 aliphatic rings.